The summed E-state index contributed by atoms with van der Waals surface area (Å²) in [4.78, 5) is 6.63. The number of aromatic nitrogens is 1. The van der Waals surface area contributed by atoms with Crippen molar-refractivity contribution >= 4 is 17.8 Å². The van der Waals surface area contributed by atoms with E-state index in [-0.39, 0.29) is 0 Å². The second-order valence-electron chi connectivity index (χ2n) is 6.11. The third-order valence-electron chi connectivity index (χ3n) is 4.07. The van der Waals surface area contributed by atoms with Crippen molar-refractivity contribution in [2.75, 3.05) is 19.0 Å². The summed E-state index contributed by atoms with van der Waals surface area (Å²) >= 11 is 0. The normalized spacial score (nSPS) is 11.0. The van der Waals surface area contributed by atoms with Crippen LogP contribution in [0, 0.1) is 6.92 Å². The van der Waals surface area contributed by atoms with E-state index in [1.165, 1.54) is 27.9 Å². The second-order valence-corrected chi connectivity index (χ2v) is 6.11. The van der Waals surface area contributed by atoms with E-state index in [9.17, 15) is 0 Å². The van der Waals surface area contributed by atoms with Gasteiger partial charge >= 0.3 is 0 Å². The summed E-state index contributed by atoms with van der Waals surface area (Å²) in [6.07, 6.45) is 6.11. The molecule has 0 saturated carbocycles. The maximum absolute atomic E-state index is 4.53. The first-order valence-electron chi connectivity index (χ1n) is 8.11. The molecule has 0 spiro atoms. The number of nitrogens with zero attached hydrogens (tertiary/aromatic N) is 2. The van der Waals surface area contributed by atoms with Gasteiger partial charge < -0.3 is 4.90 Å². The molecule has 0 N–H and O–H groups in total. The number of hydrogen-bond acceptors (Lipinski definition) is 2. The zero-order valence-corrected chi connectivity index (χ0v) is 14.4. The highest BCUT2D eigenvalue weighted by Gasteiger charge is 2.03. The maximum Gasteiger partial charge on any atom is 0.0636 e. The molecule has 0 amide bonds. The lowest BCUT2D eigenvalue weighted by Crippen LogP contribution is -2.07. The lowest BCUT2D eigenvalue weighted by atomic mass is 10.0. The van der Waals surface area contributed by atoms with E-state index in [2.05, 4.69) is 83.6 Å². The minimum Gasteiger partial charge on any atom is -0.378 e. The Bertz CT molecular complexity index is 832. The highest BCUT2D eigenvalue weighted by Crippen LogP contribution is 2.24. The quantitative estimate of drug-likeness (QED) is 0.650. The Morgan fingerprint density at radius 2 is 1.58 bits per heavy atom. The molecule has 0 aliphatic rings. The zero-order valence-electron chi connectivity index (χ0n) is 14.4. The molecule has 0 radical (unpaired) electrons. The van der Waals surface area contributed by atoms with Crippen molar-refractivity contribution in [3.63, 3.8) is 0 Å². The summed E-state index contributed by atoms with van der Waals surface area (Å²) in [6.45, 7) is 2.10. The molecule has 2 aromatic carbocycles. The number of rotatable bonds is 4. The molecule has 0 atom stereocenters. The van der Waals surface area contributed by atoms with Crippen molar-refractivity contribution in [3.8, 4) is 11.1 Å². The fraction of sp³-hybridized carbons (Fsp3) is 0.136. The van der Waals surface area contributed by atoms with Crippen LogP contribution in [0.3, 0.4) is 0 Å². The standard InChI is InChI=1S/C22H22N2/c1-17-16-23-20(15-22(17)19-7-5-4-6-8-19)12-9-18-10-13-21(14-11-18)24(2)3/h4-16H,1-3H3. The molecule has 0 saturated heterocycles. The molecule has 0 fully saturated rings. The lowest BCUT2D eigenvalue weighted by Gasteiger charge is -2.11. The van der Waals surface area contributed by atoms with Gasteiger partial charge in [-0.1, -0.05) is 48.5 Å². The van der Waals surface area contributed by atoms with Crippen molar-refractivity contribution in [2.45, 2.75) is 6.92 Å². The summed E-state index contributed by atoms with van der Waals surface area (Å²) in [7, 11) is 4.10. The number of benzene rings is 2. The van der Waals surface area contributed by atoms with Crippen LogP contribution in [0.25, 0.3) is 23.3 Å². The smallest absolute Gasteiger partial charge is 0.0636 e. The van der Waals surface area contributed by atoms with Crippen molar-refractivity contribution in [1.29, 1.82) is 0 Å². The number of anilines is 1. The molecule has 3 rings (SSSR count). The van der Waals surface area contributed by atoms with E-state index in [0.29, 0.717) is 0 Å². The Morgan fingerprint density at radius 3 is 2.25 bits per heavy atom. The van der Waals surface area contributed by atoms with Gasteiger partial charge in [0.05, 0.1) is 5.69 Å². The van der Waals surface area contributed by atoms with Gasteiger partial charge in [-0.3, -0.25) is 4.98 Å². The SMILES string of the molecule is Cc1cnc(C=Cc2ccc(N(C)C)cc2)cc1-c1ccccc1. The number of aryl methyl sites for hydroxylation is 1. The van der Waals surface area contributed by atoms with E-state index >= 15 is 0 Å². The van der Waals surface area contributed by atoms with Crippen molar-refractivity contribution < 1.29 is 0 Å². The van der Waals surface area contributed by atoms with E-state index in [4.69, 9.17) is 0 Å². The van der Waals surface area contributed by atoms with Gasteiger partial charge in [0.1, 0.15) is 0 Å². The van der Waals surface area contributed by atoms with Crippen molar-refractivity contribution in [3.05, 3.63) is 83.7 Å². The van der Waals surface area contributed by atoms with E-state index < -0.39 is 0 Å². The van der Waals surface area contributed by atoms with Crippen LogP contribution in [-0.2, 0) is 0 Å². The van der Waals surface area contributed by atoms with Gasteiger partial charge in [-0.15, -0.1) is 0 Å². The van der Waals surface area contributed by atoms with E-state index in [1.54, 1.807) is 0 Å². The van der Waals surface area contributed by atoms with Crippen LogP contribution in [0.4, 0.5) is 5.69 Å². The van der Waals surface area contributed by atoms with E-state index in [1.807, 2.05) is 26.4 Å². The third-order valence-corrected chi connectivity index (χ3v) is 4.07. The molecular formula is C22H22N2. The van der Waals surface area contributed by atoms with Gasteiger partial charge in [0, 0.05) is 26.0 Å². The maximum atomic E-state index is 4.53. The summed E-state index contributed by atoms with van der Waals surface area (Å²) in [5.74, 6) is 0. The summed E-state index contributed by atoms with van der Waals surface area (Å²) in [5.41, 5.74) is 6.98. The monoisotopic (exact) mass is 314 g/mol. The van der Waals surface area contributed by atoms with E-state index in [0.717, 1.165) is 5.69 Å². The number of pyridine rings is 1. The zero-order chi connectivity index (χ0) is 16.9. The third kappa shape index (κ3) is 3.72. The van der Waals surface area contributed by atoms with Crippen LogP contribution in [0.2, 0.25) is 0 Å². The first kappa shape index (κ1) is 16.0. The topological polar surface area (TPSA) is 16.1 Å². The number of hydrogen-bond donors (Lipinski definition) is 0. The van der Waals surface area contributed by atoms with Gasteiger partial charge in [0.2, 0.25) is 0 Å². The largest absolute Gasteiger partial charge is 0.378 e. The van der Waals surface area contributed by atoms with Crippen LogP contribution in [0.5, 0.6) is 0 Å². The van der Waals surface area contributed by atoms with Gasteiger partial charge in [-0.25, -0.2) is 0 Å². The fourth-order valence-corrected chi connectivity index (χ4v) is 2.62. The Balaban J connectivity index is 1.85. The predicted octanol–water partition coefficient (Wildman–Crippen LogP) is 5.29. The molecule has 0 unspecified atom stereocenters. The highest BCUT2D eigenvalue weighted by atomic mass is 15.1. The Hall–Kier alpha value is -2.87. The first-order valence-corrected chi connectivity index (χ1v) is 8.11. The predicted molar refractivity (Wildman–Crippen MR) is 104 cm³/mol. The highest BCUT2D eigenvalue weighted by molar-refractivity contribution is 5.74. The summed E-state index contributed by atoms with van der Waals surface area (Å²) < 4.78 is 0. The first-order chi connectivity index (χ1) is 11.6. The van der Waals surface area contributed by atoms with Crippen molar-refractivity contribution in [2.24, 2.45) is 0 Å². The van der Waals surface area contributed by atoms with Crippen LogP contribution < -0.4 is 4.90 Å². The van der Waals surface area contributed by atoms with Crippen LogP contribution in [0.1, 0.15) is 16.8 Å². The molecule has 0 bridgehead atoms. The molecule has 0 aliphatic heterocycles. The fourth-order valence-electron chi connectivity index (χ4n) is 2.62. The minimum absolute atomic E-state index is 0.969. The molecule has 1 heterocycles. The van der Waals surface area contributed by atoms with Crippen molar-refractivity contribution in [1.82, 2.24) is 4.98 Å². The molecule has 1 aromatic heterocycles. The Labute approximate surface area is 144 Å². The van der Waals surface area contributed by atoms with Crippen LogP contribution in [-0.4, -0.2) is 19.1 Å². The van der Waals surface area contributed by atoms with Gasteiger partial charge in [-0.05, 0) is 53.5 Å². The minimum atomic E-state index is 0.969. The molecule has 2 nitrogen and oxygen atoms in total. The van der Waals surface area contributed by atoms with Crippen LogP contribution >= 0.6 is 0 Å². The molecule has 3 aromatic rings. The van der Waals surface area contributed by atoms with Crippen LogP contribution in [0.15, 0.2) is 66.9 Å². The summed E-state index contributed by atoms with van der Waals surface area (Å²) in [5, 5.41) is 0. The molecule has 24 heavy (non-hydrogen) atoms. The second kappa shape index (κ2) is 7.14. The lowest BCUT2D eigenvalue weighted by molar-refractivity contribution is 1.13. The molecule has 120 valence electrons. The van der Waals surface area contributed by atoms with Gasteiger partial charge in [-0.2, -0.15) is 0 Å². The Morgan fingerprint density at radius 1 is 0.875 bits per heavy atom. The average Bonchev–Trinajstić information content (AvgIpc) is 2.62. The molecule has 2 heteroatoms. The summed E-state index contributed by atoms with van der Waals surface area (Å²) in [6, 6.07) is 21.1. The Kier molecular flexibility index (Phi) is 4.76. The average molecular weight is 314 g/mol. The molecular weight excluding hydrogens is 292 g/mol. The van der Waals surface area contributed by atoms with Gasteiger partial charge in [0.25, 0.3) is 0 Å². The molecule has 0 aliphatic carbocycles. The van der Waals surface area contributed by atoms with Gasteiger partial charge in [0.15, 0.2) is 0 Å².